The Labute approximate surface area is 80.6 Å². The van der Waals surface area contributed by atoms with E-state index in [0.717, 1.165) is 0 Å². The van der Waals surface area contributed by atoms with Crippen molar-refractivity contribution in [2.75, 3.05) is 19.6 Å². The monoisotopic (exact) mass is 203 g/mol. The van der Waals surface area contributed by atoms with Crippen LogP contribution in [0.3, 0.4) is 0 Å². The van der Waals surface area contributed by atoms with E-state index < -0.39 is 11.9 Å². The Hall–Kier alpha value is -1.63. The van der Waals surface area contributed by atoms with Gasteiger partial charge in [0.2, 0.25) is 11.8 Å². The summed E-state index contributed by atoms with van der Waals surface area (Å²) in [6.07, 6.45) is -0.123. The van der Waals surface area contributed by atoms with Crippen LogP contribution in [0, 0.1) is 0 Å². The summed E-state index contributed by atoms with van der Waals surface area (Å²) < 4.78 is 0. The second-order valence-electron chi connectivity index (χ2n) is 2.56. The molecule has 5 N–H and O–H groups in total. The second-order valence-corrected chi connectivity index (χ2v) is 2.56. The third kappa shape index (κ3) is 8.47. The predicted molar refractivity (Wildman–Crippen MR) is 47.3 cm³/mol. The van der Waals surface area contributed by atoms with Crippen molar-refractivity contribution in [3.8, 4) is 0 Å². The normalized spacial score (nSPS) is 9.43. The maximum Gasteiger partial charge on any atom is 0.305 e. The fourth-order valence-corrected chi connectivity index (χ4v) is 0.671. The van der Waals surface area contributed by atoms with Crippen molar-refractivity contribution in [3.05, 3.63) is 0 Å². The Morgan fingerprint density at radius 2 is 1.86 bits per heavy atom. The number of nitrogens with one attached hydrogen (secondary N) is 2. The number of nitrogens with two attached hydrogens (primary N) is 1. The molecule has 0 rings (SSSR count). The molecule has 0 aliphatic rings. The van der Waals surface area contributed by atoms with E-state index in [-0.39, 0.29) is 32.0 Å². The fourth-order valence-electron chi connectivity index (χ4n) is 0.671. The van der Waals surface area contributed by atoms with Crippen molar-refractivity contribution in [3.63, 3.8) is 0 Å². The first kappa shape index (κ1) is 12.4. The number of hydrogen-bond donors (Lipinski definition) is 4. The molecule has 0 aliphatic carbocycles. The average molecular weight is 203 g/mol. The Balaban J connectivity index is 3.37. The molecule has 0 saturated heterocycles. The van der Waals surface area contributed by atoms with Crippen LogP contribution in [0.4, 0.5) is 0 Å². The van der Waals surface area contributed by atoms with Gasteiger partial charge in [0.1, 0.15) is 0 Å². The van der Waals surface area contributed by atoms with E-state index in [9.17, 15) is 14.4 Å². The number of carboxylic acid groups (broad SMARTS) is 1. The molecule has 2 amide bonds. The van der Waals surface area contributed by atoms with Crippen LogP contribution in [-0.4, -0.2) is 42.5 Å². The average Bonchev–Trinajstić information content (AvgIpc) is 2.02. The van der Waals surface area contributed by atoms with Crippen LogP contribution in [0.1, 0.15) is 6.42 Å². The van der Waals surface area contributed by atoms with Gasteiger partial charge in [-0.1, -0.05) is 0 Å². The second kappa shape index (κ2) is 6.84. The summed E-state index contributed by atoms with van der Waals surface area (Å²) in [5.41, 5.74) is 4.81. The summed E-state index contributed by atoms with van der Waals surface area (Å²) >= 11 is 0. The number of carbonyl (C=O) groups is 3. The first-order chi connectivity index (χ1) is 6.52. The highest BCUT2D eigenvalue weighted by Gasteiger charge is 2.02. The van der Waals surface area contributed by atoms with Gasteiger partial charge in [0.25, 0.3) is 0 Å². The number of carboxylic acids is 1. The van der Waals surface area contributed by atoms with Gasteiger partial charge in [-0.2, -0.15) is 0 Å². The minimum atomic E-state index is -0.976. The topological polar surface area (TPSA) is 122 Å². The molecule has 0 spiro atoms. The summed E-state index contributed by atoms with van der Waals surface area (Å²) in [7, 11) is 0. The van der Waals surface area contributed by atoms with Crippen LogP contribution in [0.25, 0.3) is 0 Å². The minimum absolute atomic E-state index is 0.0530. The van der Waals surface area contributed by atoms with Gasteiger partial charge in [0, 0.05) is 6.54 Å². The highest BCUT2D eigenvalue weighted by atomic mass is 16.4. The van der Waals surface area contributed by atoms with Crippen molar-refractivity contribution in [1.82, 2.24) is 10.6 Å². The highest BCUT2D eigenvalue weighted by molar-refractivity contribution is 5.80. The third-order valence-corrected chi connectivity index (χ3v) is 1.25. The van der Waals surface area contributed by atoms with E-state index in [1.165, 1.54) is 0 Å². The maximum atomic E-state index is 10.9. The largest absolute Gasteiger partial charge is 0.481 e. The Morgan fingerprint density at radius 1 is 1.21 bits per heavy atom. The lowest BCUT2D eigenvalue weighted by Crippen LogP contribution is -2.38. The van der Waals surface area contributed by atoms with E-state index in [1.807, 2.05) is 0 Å². The maximum absolute atomic E-state index is 10.9. The lowest BCUT2D eigenvalue weighted by Gasteiger charge is -2.03. The van der Waals surface area contributed by atoms with Gasteiger partial charge in [-0.25, -0.2) is 0 Å². The molecule has 0 heterocycles. The Bertz CT molecular complexity index is 207. The molecule has 0 unspecified atom stereocenters. The lowest BCUT2D eigenvalue weighted by molar-refractivity contribution is -0.136. The van der Waals surface area contributed by atoms with Gasteiger partial charge < -0.3 is 16.2 Å². The number of carbonyl (C=O) groups excluding carboxylic acids is 2. The number of amides is 2. The molecule has 7 nitrogen and oxygen atoms in total. The molecular formula is C7H13N3O4. The summed E-state index contributed by atoms with van der Waals surface area (Å²) in [4.78, 5) is 31.2. The third-order valence-electron chi connectivity index (χ3n) is 1.25. The zero-order chi connectivity index (χ0) is 11.0. The molecule has 0 fully saturated rings. The summed E-state index contributed by atoms with van der Waals surface area (Å²) in [5, 5.41) is 13.1. The predicted octanol–water partition coefficient (Wildman–Crippen LogP) is -2.35. The van der Waals surface area contributed by atoms with Crippen LogP contribution in [0.5, 0.6) is 0 Å². The number of primary amides is 1. The van der Waals surface area contributed by atoms with Gasteiger partial charge in [0.15, 0.2) is 0 Å². The standard InChI is InChI=1S/C7H13N3O4/c8-5(11)3-9-4-6(12)10-2-1-7(13)14/h9H,1-4H2,(H2,8,11)(H,10,12)(H,13,14). The molecule has 7 heteroatoms. The van der Waals surface area contributed by atoms with Crippen molar-refractivity contribution >= 4 is 17.8 Å². The zero-order valence-electron chi connectivity index (χ0n) is 7.58. The molecule has 0 atom stereocenters. The Morgan fingerprint density at radius 3 is 2.36 bits per heavy atom. The molecule has 0 aromatic heterocycles. The first-order valence-corrected chi connectivity index (χ1v) is 4.00. The van der Waals surface area contributed by atoms with Crippen molar-refractivity contribution in [2.45, 2.75) is 6.42 Å². The SMILES string of the molecule is NC(=O)CNCC(=O)NCCC(=O)O. The molecule has 0 saturated carbocycles. The van der Waals surface area contributed by atoms with E-state index >= 15 is 0 Å². The van der Waals surface area contributed by atoms with E-state index in [0.29, 0.717) is 0 Å². The molecule has 0 aromatic carbocycles. The molecule has 0 bridgehead atoms. The van der Waals surface area contributed by atoms with E-state index in [4.69, 9.17) is 10.8 Å². The molecule has 0 radical (unpaired) electrons. The summed E-state index contributed by atoms with van der Waals surface area (Å²) in [6.45, 7) is -0.0542. The quantitative estimate of drug-likeness (QED) is 0.369. The number of rotatable bonds is 7. The van der Waals surface area contributed by atoms with Crippen molar-refractivity contribution < 1.29 is 19.5 Å². The summed E-state index contributed by atoms with van der Waals surface area (Å²) in [6, 6.07) is 0. The van der Waals surface area contributed by atoms with Gasteiger partial charge in [-0.3, -0.25) is 19.7 Å². The first-order valence-electron chi connectivity index (χ1n) is 4.00. The van der Waals surface area contributed by atoms with Crippen LogP contribution < -0.4 is 16.4 Å². The van der Waals surface area contributed by atoms with Crippen LogP contribution in [0.15, 0.2) is 0 Å². The Kier molecular flexibility index (Phi) is 6.04. The summed E-state index contributed by atoms with van der Waals surface area (Å²) in [5.74, 6) is -1.90. The minimum Gasteiger partial charge on any atom is -0.481 e. The molecule has 0 aromatic rings. The van der Waals surface area contributed by atoms with Gasteiger partial charge >= 0.3 is 5.97 Å². The highest BCUT2D eigenvalue weighted by Crippen LogP contribution is 1.74. The number of aliphatic carboxylic acids is 1. The number of hydrogen-bond acceptors (Lipinski definition) is 4. The smallest absolute Gasteiger partial charge is 0.305 e. The van der Waals surface area contributed by atoms with Crippen molar-refractivity contribution in [1.29, 1.82) is 0 Å². The van der Waals surface area contributed by atoms with Crippen LogP contribution in [-0.2, 0) is 14.4 Å². The zero-order valence-corrected chi connectivity index (χ0v) is 7.58. The molecule has 14 heavy (non-hydrogen) atoms. The van der Waals surface area contributed by atoms with Gasteiger partial charge in [-0.15, -0.1) is 0 Å². The van der Waals surface area contributed by atoms with Gasteiger partial charge in [-0.05, 0) is 0 Å². The van der Waals surface area contributed by atoms with Crippen molar-refractivity contribution in [2.24, 2.45) is 5.73 Å². The van der Waals surface area contributed by atoms with E-state index in [1.54, 1.807) is 0 Å². The molecule has 80 valence electrons. The van der Waals surface area contributed by atoms with Crippen LogP contribution in [0.2, 0.25) is 0 Å². The lowest BCUT2D eigenvalue weighted by atomic mass is 10.4. The van der Waals surface area contributed by atoms with E-state index in [2.05, 4.69) is 10.6 Å². The fraction of sp³-hybridized carbons (Fsp3) is 0.571. The molecular weight excluding hydrogens is 190 g/mol. The molecule has 0 aliphatic heterocycles. The van der Waals surface area contributed by atoms with Gasteiger partial charge in [0.05, 0.1) is 19.5 Å². The van der Waals surface area contributed by atoms with Crippen LogP contribution >= 0.6 is 0 Å².